The molecule has 0 amide bonds. The molecule has 0 aliphatic heterocycles. The summed E-state index contributed by atoms with van der Waals surface area (Å²) in [6.45, 7) is 0.333. The molecule has 2 aromatic carbocycles. The highest BCUT2D eigenvalue weighted by Crippen LogP contribution is 2.32. The van der Waals surface area contributed by atoms with Gasteiger partial charge in [0.25, 0.3) is 0 Å². The smallest absolute Gasteiger partial charge is 0.120 e. The lowest BCUT2D eigenvalue weighted by molar-refractivity contribution is 0.156. The maximum absolute atomic E-state index is 9.96. The Hall–Kier alpha value is -1.22. The molecule has 110 valence electrons. The standard InChI is InChI=1S/C17H16Cl2O2/c18-15-4-2-5-16(19)14(15)10-21-12-7-8-13-11(9-12)3-1-6-17(13)20/h2,4-5,7-9,17,20H,1,3,6,10H2. The number of ether oxygens (including phenoxy) is 1. The summed E-state index contributed by atoms with van der Waals surface area (Å²) in [7, 11) is 0. The molecule has 0 saturated carbocycles. The molecule has 4 heteroatoms. The van der Waals surface area contributed by atoms with Crippen molar-refractivity contribution in [1.82, 2.24) is 0 Å². The Labute approximate surface area is 134 Å². The summed E-state index contributed by atoms with van der Waals surface area (Å²) in [5.41, 5.74) is 2.97. The molecule has 1 unspecified atom stereocenters. The maximum atomic E-state index is 9.96. The normalized spacial score (nSPS) is 17.4. The van der Waals surface area contributed by atoms with E-state index in [0.29, 0.717) is 16.7 Å². The molecule has 21 heavy (non-hydrogen) atoms. The van der Waals surface area contributed by atoms with Crippen molar-refractivity contribution in [3.8, 4) is 5.75 Å². The number of rotatable bonds is 3. The molecule has 0 heterocycles. The molecule has 0 bridgehead atoms. The summed E-state index contributed by atoms with van der Waals surface area (Å²) in [5, 5.41) is 11.2. The minimum atomic E-state index is -0.346. The fourth-order valence-electron chi connectivity index (χ4n) is 2.68. The molecule has 0 saturated heterocycles. The van der Waals surface area contributed by atoms with Crippen LogP contribution >= 0.6 is 23.2 Å². The van der Waals surface area contributed by atoms with E-state index in [1.807, 2.05) is 24.3 Å². The third kappa shape index (κ3) is 3.18. The first-order chi connectivity index (χ1) is 10.1. The molecule has 0 aromatic heterocycles. The molecule has 2 nitrogen and oxygen atoms in total. The largest absolute Gasteiger partial charge is 0.489 e. The molecule has 0 radical (unpaired) electrons. The Morgan fingerprint density at radius 1 is 1.14 bits per heavy atom. The second kappa shape index (κ2) is 6.27. The van der Waals surface area contributed by atoms with E-state index in [-0.39, 0.29) is 6.10 Å². The monoisotopic (exact) mass is 322 g/mol. The predicted octanol–water partition coefficient (Wildman–Crippen LogP) is 4.94. The Kier molecular flexibility index (Phi) is 4.39. The Bertz CT molecular complexity index is 635. The lowest BCUT2D eigenvalue weighted by Crippen LogP contribution is -2.09. The molecule has 0 spiro atoms. The first-order valence-electron chi connectivity index (χ1n) is 7.02. The molecule has 3 rings (SSSR count). The van der Waals surface area contributed by atoms with Gasteiger partial charge in [0.1, 0.15) is 12.4 Å². The summed E-state index contributed by atoms with van der Waals surface area (Å²) in [6.07, 6.45) is 2.48. The molecule has 1 N–H and O–H groups in total. The summed E-state index contributed by atoms with van der Waals surface area (Å²) in [5.74, 6) is 0.777. The van der Waals surface area contributed by atoms with Gasteiger partial charge in [0.15, 0.2) is 0 Å². The molecule has 1 aliphatic rings. The van der Waals surface area contributed by atoms with Crippen molar-refractivity contribution >= 4 is 23.2 Å². The fraction of sp³-hybridized carbons (Fsp3) is 0.294. The third-order valence-electron chi connectivity index (χ3n) is 3.84. The Morgan fingerprint density at radius 2 is 1.90 bits per heavy atom. The maximum Gasteiger partial charge on any atom is 0.120 e. The third-order valence-corrected chi connectivity index (χ3v) is 4.55. The van der Waals surface area contributed by atoms with Crippen LogP contribution in [-0.4, -0.2) is 5.11 Å². The van der Waals surface area contributed by atoms with Gasteiger partial charge in [-0.15, -0.1) is 0 Å². The van der Waals surface area contributed by atoms with Gasteiger partial charge in [0, 0.05) is 15.6 Å². The predicted molar refractivity (Wildman–Crippen MR) is 85.1 cm³/mol. The lowest BCUT2D eigenvalue weighted by Gasteiger charge is -2.22. The van der Waals surface area contributed by atoms with Gasteiger partial charge in [-0.05, 0) is 54.7 Å². The van der Waals surface area contributed by atoms with E-state index in [2.05, 4.69) is 0 Å². The van der Waals surface area contributed by atoms with Crippen molar-refractivity contribution in [3.63, 3.8) is 0 Å². The van der Waals surface area contributed by atoms with Crippen molar-refractivity contribution in [2.24, 2.45) is 0 Å². The van der Waals surface area contributed by atoms with Crippen LogP contribution in [0.2, 0.25) is 10.0 Å². The number of hydrogen-bond donors (Lipinski definition) is 1. The zero-order valence-corrected chi connectivity index (χ0v) is 13.0. The van der Waals surface area contributed by atoms with E-state index < -0.39 is 0 Å². The van der Waals surface area contributed by atoms with Crippen LogP contribution in [0.15, 0.2) is 36.4 Å². The number of benzene rings is 2. The van der Waals surface area contributed by atoms with Crippen molar-refractivity contribution in [2.45, 2.75) is 32.0 Å². The summed E-state index contributed by atoms with van der Waals surface area (Å²) in [4.78, 5) is 0. The quantitative estimate of drug-likeness (QED) is 0.867. The second-order valence-electron chi connectivity index (χ2n) is 5.26. The zero-order valence-electron chi connectivity index (χ0n) is 11.5. The van der Waals surface area contributed by atoms with Gasteiger partial charge in [0.05, 0.1) is 6.10 Å². The van der Waals surface area contributed by atoms with Gasteiger partial charge >= 0.3 is 0 Å². The van der Waals surface area contributed by atoms with Gasteiger partial charge < -0.3 is 9.84 Å². The summed E-state index contributed by atoms with van der Waals surface area (Å²) >= 11 is 12.3. The number of aliphatic hydroxyl groups is 1. The van der Waals surface area contributed by atoms with Crippen LogP contribution in [-0.2, 0) is 13.0 Å². The molecular formula is C17H16Cl2O2. The number of halogens is 2. The van der Waals surface area contributed by atoms with Crippen molar-refractivity contribution in [2.75, 3.05) is 0 Å². The highest BCUT2D eigenvalue weighted by molar-refractivity contribution is 6.35. The average molecular weight is 323 g/mol. The first kappa shape index (κ1) is 14.7. The fourth-order valence-corrected chi connectivity index (χ4v) is 3.19. The summed E-state index contributed by atoms with van der Waals surface area (Å²) in [6, 6.07) is 11.3. The van der Waals surface area contributed by atoms with E-state index in [9.17, 15) is 5.11 Å². The van der Waals surface area contributed by atoms with Crippen LogP contribution < -0.4 is 4.74 Å². The Balaban J connectivity index is 1.77. The lowest BCUT2D eigenvalue weighted by atomic mass is 9.89. The molecular weight excluding hydrogens is 307 g/mol. The van der Waals surface area contributed by atoms with Crippen molar-refractivity contribution < 1.29 is 9.84 Å². The van der Waals surface area contributed by atoms with E-state index in [1.54, 1.807) is 12.1 Å². The van der Waals surface area contributed by atoms with E-state index in [0.717, 1.165) is 41.7 Å². The van der Waals surface area contributed by atoms with E-state index >= 15 is 0 Å². The Morgan fingerprint density at radius 3 is 2.67 bits per heavy atom. The van der Waals surface area contributed by atoms with Crippen LogP contribution in [0, 0.1) is 0 Å². The second-order valence-corrected chi connectivity index (χ2v) is 6.07. The topological polar surface area (TPSA) is 29.5 Å². The van der Waals surface area contributed by atoms with Crippen molar-refractivity contribution in [3.05, 3.63) is 63.1 Å². The number of hydrogen-bond acceptors (Lipinski definition) is 2. The SMILES string of the molecule is OC1CCCc2cc(OCc3c(Cl)cccc3Cl)ccc21. The summed E-state index contributed by atoms with van der Waals surface area (Å²) < 4.78 is 5.80. The number of aliphatic hydroxyl groups excluding tert-OH is 1. The van der Waals surface area contributed by atoms with Crippen LogP contribution in [0.25, 0.3) is 0 Å². The zero-order chi connectivity index (χ0) is 14.8. The highest BCUT2D eigenvalue weighted by Gasteiger charge is 2.18. The highest BCUT2D eigenvalue weighted by atomic mass is 35.5. The van der Waals surface area contributed by atoms with Gasteiger partial charge in [-0.25, -0.2) is 0 Å². The minimum Gasteiger partial charge on any atom is -0.489 e. The van der Waals surface area contributed by atoms with Gasteiger partial charge in [-0.3, -0.25) is 0 Å². The number of fused-ring (bicyclic) bond motifs is 1. The van der Waals surface area contributed by atoms with Gasteiger partial charge in [-0.2, -0.15) is 0 Å². The first-order valence-corrected chi connectivity index (χ1v) is 7.77. The van der Waals surface area contributed by atoms with E-state index in [4.69, 9.17) is 27.9 Å². The van der Waals surface area contributed by atoms with Gasteiger partial charge in [0.2, 0.25) is 0 Å². The van der Waals surface area contributed by atoms with Crippen LogP contribution in [0.5, 0.6) is 5.75 Å². The number of aryl methyl sites for hydroxylation is 1. The molecule has 1 atom stereocenters. The molecule has 1 aliphatic carbocycles. The van der Waals surface area contributed by atoms with Crippen LogP contribution in [0.1, 0.15) is 35.6 Å². The molecule has 0 fully saturated rings. The minimum absolute atomic E-state index is 0.333. The van der Waals surface area contributed by atoms with Crippen LogP contribution in [0.4, 0.5) is 0 Å². The molecule has 2 aromatic rings. The van der Waals surface area contributed by atoms with Crippen LogP contribution in [0.3, 0.4) is 0 Å². The van der Waals surface area contributed by atoms with E-state index in [1.165, 1.54) is 0 Å². The van der Waals surface area contributed by atoms with Gasteiger partial charge in [-0.1, -0.05) is 35.3 Å². The average Bonchev–Trinajstić information content (AvgIpc) is 2.47. The van der Waals surface area contributed by atoms with Crippen molar-refractivity contribution in [1.29, 1.82) is 0 Å².